The number of rotatable bonds is 6. The predicted octanol–water partition coefficient (Wildman–Crippen LogP) is 4.66. The van der Waals surface area contributed by atoms with Crippen molar-refractivity contribution < 1.29 is 19.0 Å². The molecule has 30 heavy (non-hydrogen) atoms. The highest BCUT2D eigenvalue weighted by molar-refractivity contribution is 5.90. The Balaban J connectivity index is 1.69. The number of benzene rings is 2. The molecule has 0 fully saturated rings. The van der Waals surface area contributed by atoms with Crippen LogP contribution in [0.2, 0.25) is 0 Å². The van der Waals surface area contributed by atoms with Gasteiger partial charge >= 0.3 is 5.97 Å². The average molecular weight is 403 g/mol. The number of aromatic nitrogens is 3. The lowest BCUT2D eigenvalue weighted by atomic mass is 10.0. The van der Waals surface area contributed by atoms with Gasteiger partial charge in [-0.25, -0.2) is 18.9 Å². The highest BCUT2D eigenvalue weighted by atomic mass is 19.1. The van der Waals surface area contributed by atoms with Crippen molar-refractivity contribution in [1.29, 1.82) is 0 Å². The molecule has 0 aliphatic heterocycles. The molecular formula is C23H18FN3O3. The molecule has 1 N–H and O–H groups in total. The van der Waals surface area contributed by atoms with Crippen molar-refractivity contribution in [1.82, 2.24) is 14.8 Å². The number of carboxylic acid groups (broad SMARTS) is 1. The summed E-state index contributed by atoms with van der Waals surface area (Å²) in [4.78, 5) is 15.8. The van der Waals surface area contributed by atoms with Gasteiger partial charge in [-0.2, -0.15) is 5.10 Å². The third-order valence-electron chi connectivity index (χ3n) is 4.70. The Morgan fingerprint density at radius 3 is 2.53 bits per heavy atom. The Hall–Kier alpha value is -4.00. The largest absolute Gasteiger partial charge is 0.486 e. The summed E-state index contributed by atoms with van der Waals surface area (Å²) in [5, 5.41) is 13.9. The van der Waals surface area contributed by atoms with Gasteiger partial charge in [0.1, 0.15) is 12.4 Å². The second-order valence-corrected chi connectivity index (χ2v) is 6.70. The van der Waals surface area contributed by atoms with Gasteiger partial charge in [0.25, 0.3) is 0 Å². The molecule has 0 spiro atoms. The Morgan fingerprint density at radius 1 is 1.10 bits per heavy atom. The summed E-state index contributed by atoms with van der Waals surface area (Å²) in [6.45, 7) is 2.01. The average Bonchev–Trinajstić information content (AvgIpc) is 3.23. The maximum absolute atomic E-state index is 13.2. The van der Waals surface area contributed by atoms with Gasteiger partial charge < -0.3 is 9.84 Å². The molecule has 6 nitrogen and oxygen atoms in total. The molecule has 7 heteroatoms. The Labute approximate surface area is 172 Å². The zero-order valence-corrected chi connectivity index (χ0v) is 16.1. The van der Waals surface area contributed by atoms with Crippen LogP contribution in [-0.2, 0) is 6.61 Å². The molecule has 0 atom stereocenters. The van der Waals surface area contributed by atoms with Gasteiger partial charge in [-0.1, -0.05) is 30.3 Å². The van der Waals surface area contributed by atoms with Gasteiger partial charge in [0.15, 0.2) is 11.4 Å². The lowest BCUT2D eigenvalue weighted by molar-refractivity contribution is 0.0684. The normalized spacial score (nSPS) is 10.7. The number of hydrogen-bond acceptors (Lipinski definition) is 4. The van der Waals surface area contributed by atoms with Crippen LogP contribution in [-0.4, -0.2) is 25.8 Å². The van der Waals surface area contributed by atoms with Gasteiger partial charge in [-0.3, -0.25) is 0 Å². The van der Waals surface area contributed by atoms with E-state index >= 15 is 0 Å². The Kier molecular flexibility index (Phi) is 5.26. The fourth-order valence-corrected chi connectivity index (χ4v) is 3.13. The number of nitrogens with zero attached hydrogens (tertiary/aromatic N) is 3. The van der Waals surface area contributed by atoms with Crippen molar-refractivity contribution >= 4 is 5.97 Å². The number of halogens is 1. The molecule has 0 aliphatic rings. The first-order chi connectivity index (χ1) is 14.5. The molecule has 0 saturated heterocycles. The summed E-state index contributed by atoms with van der Waals surface area (Å²) in [5.74, 6) is -1.26. The van der Waals surface area contributed by atoms with Gasteiger partial charge in [-0.05, 0) is 36.8 Å². The molecule has 0 aliphatic carbocycles. The lowest BCUT2D eigenvalue weighted by Crippen LogP contribution is -2.08. The summed E-state index contributed by atoms with van der Waals surface area (Å²) < 4.78 is 20.7. The van der Waals surface area contributed by atoms with Crippen molar-refractivity contribution in [2.75, 3.05) is 0 Å². The van der Waals surface area contributed by atoms with E-state index in [1.54, 1.807) is 36.1 Å². The third kappa shape index (κ3) is 3.91. The molecule has 0 unspecified atom stereocenters. The van der Waals surface area contributed by atoms with E-state index in [9.17, 15) is 14.3 Å². The summed E-state index contributed by atoms with van der Waals surface area (Å²) in [6.07, 6.45) is 4.92. The van der Waals surface area contributed by atoms with E-state index in [0.717, 1.165) is 11.1 Å². The summed E-state index contributed by atoms with van der Waals surface area (Å²) >= 11 is 0. The third-order valence-corrected chi connectivity index (χ3v) is 4.70. The van der Waals surface area contributed by atoms with Crippen LogP contribution in [0, 0.1) is 12.7 Å². The quantitative estimate of drug-likeness (QED) is 0.507. The summed E-state index contributed by atoms with van der Waals surface area (Å²) in [6, 6.07) is 15.5. The topological polar surface area (TPSA) is 77.2 Å². The Morgan fingerprint density at radius 2 is 1.83 bits per heavy atom. The Bertz CT molecular complexity index is 1190. The van der Waals surface area contributed by atoms with Gasteiger partial charge in [0.05, 0.1) is 11.9 Å². The molecule has 2 heterocycles. The minimum absolute atomic E-state index is 0.141. The van der Waals surface area contributed by atoms with Crippen LogP contribution in [0.1, 0.15) is 21.6 Å². The SMILES string of the molecule is Cc1c(-c2cnn(-c3ccc(F)cc3)c2)cnc(C(=O)O)c1OCc1ccccc1. The van der Waals surface area contributed by atoms with E-state index in [1.807, 2.05) is 30.3 Å². The number of ether oxygens (including phenoxy) is 1. The second-order valence-electron chi connectivity index (χ2n) is 6.70. The molecule has 2 aromatic carbocycles. The molecule has 4 aromatic rings. The molecule has 2 aromatic heterocycles. The van der Waals surface area contributed by atoms with Crippen molar-refractivity contribution in [2.45, 2.75) is 13.5 Å². The number of aromatic carboxylic acids is 1. The zero-order valence-electron chi connectivity index (χ0n) is 16.1. The zero-order chi connectivity index (χ0) is 21.1. The second kappa shape index (κ2) is 8.16. The van der Waals surface area contributed by atoms with Crippen LogP contribution in [0.25, 0.3) is 16.8 Å². The molecule has 150 valence electrons. The van der Waals surface area contributed by atoms with E-state index in [1.165, 1.54) is 18.3 Å². The molecule has 0 bridgehead atoms. The first-order valence-corrected chi connectivity index (χ1v) is 9.23. The van der Waals surface area contributed by atoms with Crippen LogP contribution in [0.5, 0.6) is 5.75 Å². The molecule has 4 rings (SSSR count). The maximum atomic E-state index is 13.2. The smallest absolute Gasteiger partial charge is 0.358 e. The van der Waals surface area contributed by atoms with Crippen LogP contribution in [0.4, 0.5) is 4.39 Å². The lowest BCUT2D eigenvalue weighted by Gasteiger charge is -2.14. The van der Waals surface area contributed by atoms with Gasteiger partial charge in [-0.15, -0.1) is 0 Å². The van der Waals surface area contributed by atoms with Crippen molar-refractivity contribution in [3.8, 4) is 22.6 Å². The van der Waals surface area contributed by atoms with E-state index < -0.39 is 5.97 Å². The summed E-state index contributed by atoms with van der Waals surface area (Å²) in [7, 11) is 0. The number of carbonyl (C=O) groups is 1. The predicted molar refractivity (Wildman–Crippen MR) is 109 cm³/mol. The van der Waals surface area contributed by atoms with E-state index in [4.69, 9.17) is 4.74 Å². The molecule has 0 radical (unpaired) electrons. The number of hydrogen-bond donors (Lipinski definition) is 1. The van der Waals surface area contributed by atoms with Gasteiger partial charge in [0.2, 0.25) is 0 Å². The van der Waals surface area contributed by atoms with Crippen LogP contribution in [0.15, 0.2) is 73.2 Å². The highest BCUT2D eigenvalue weighted by Gasteiger charge is 2.20. The van der Waals surface area contributed by atoms with Crippen molar-refractivity contribution in [3.63, 3.8) is 0 Å². The molecule has 0 amide bonds. The first kappa shape index (κ1) is 19.3. The highest BCUT2D eigenvalue weighted by Crippen LogP contribution is 2.32. The van der Waals surface area contributed by atoms with E-state index in [0.29, 0.717) is 16.8 Å². The maximum Gasteiger partial charge on any atom is 0.358 e. The van der Waals surface area contributed by atoms with E-state index in [-0.39, 0.29) is 23.9 Å². The molecule has 0 saturated carbocycles. The monoisotopic (exact) mass is 403 g/mol. The standard InChI is InChI=1S/C23H18FN3O3/c1-15-20(17-11-26-27(13-17)19-9-7-18(24)8-10-19)12-25-21(23(28)29)22(15)30-14-16-5-3-2-4-6-16/h2-13H,14H2,1H3,(H,28,29). The summed E-state index contributed by atoms with van der Waals surface area (Å²) in [5.41, 5.74) is 3.58. The van der Waals surface area contributed by atoms with Crippen LogP contribution < -0.4 is 4.74 Å². The molecular weight excluding hydrogens is 385 g/mol. The van der Waals surface area contributed by atoms with Crippen LogP contribution >= 0.6 is 0 Å². The van der Waals surface area contributed by atoms with Crippen molar-refractivity contribution in [2.24, 2.45) is 0 Å². The minimum Gasteiger partial charge on any atom is -0.486 e. The minimum atomic E-state index is -1.16. The van der Waals surface area contributed by atoms with Crippen molar-refractivity contribution in [3.05, 3.63) is 95.8 Å². The fourth-order valence-electron chi connectivity index (χ4n) is 3.13. The number of carboxylic acids is 1. The van der Waals surface area contributed by atoms with Crippen LogP contribution in [0.3, 0.4) is 0 Å². The van der Waals surface area contributed by atoms with Gasteiger partial charge in [0, 0.05) is 29.1 Å². The number of pyridine rings is 1. The fraction of sp³-hybridized carbons (Fsp3) is 0.0870. The first-order valence-electron chi connectivity index (χ1n) is 9.23. The van der Waals surface area contributed by atoms with E-state index in [2.05, 4.69) is 10.1 Å².